The van der Waals surface area contributed by atoms with Gasteiger partial charge >= 0.3 is 0 Å². The van der Waals surface area contributed by atoms with E-state index in [2.05, 4.69) is 225 Å². The van der Waals surface area contributed by atoms with Crippen molar-refractivity contribution < 1.29 is 0 Å². The molecule has 3 nitrogen and oxygen atoms in total. The summed E-state index contributed by atoms with van der Waals surface area (Å²) in [6, 6.07) is 81.9. The highest BCUT2D eigenvalue weighted by atomic mass is 32.2. The summed E-state index contributed by atoms with van der Waals surface area (Å²) >= 11 is 1.89. The van der Waals surface area contributed by atoms with Crippen molar-refractivity contribution in [3.63, 3.8) is 0 Å². The molecule has 66 heavy (non-hydrogen) atoms. The first-order valence-corrected chi connectivity index (χ1v) is 23.6. The summed E-state index contributed by atoms with van der Waals surface area (Å²) in [4.78, 5) is 13.0. The van der Waals surface area contributed by atoms with Crippen LogP contribution in [0.15, 0.2) is 234 Å². The Morgan fingerprint density at radius 1 is 0.394 bits per heavy atom. The Labute approximate surface area is 389 Å². The number of nitrogens with zero attached hydrogens (tertiary/aromatic N) is 3. The number of rotatable bonds is 5. The maximum absolute atomic E-state index is 5.23. The Hall–Kier alpha value is -7.79. The molecule has 0 saturated carbocycles. The quantitative estimate of drug-likeness (QED) is 0.173. The Bertz CT molecular complexity index is 3600. The molecule has 0 atom stereocenters. The first-order valence-electron chi connectivity index (χ1n) is 22.7. The summed E-state index contributed by atoms with van der Waals surface area (Å²) in [6.07, 6.45) is 0. The van der Waals surface area contributed by atoms with Crippen LogP contribution in [0.5, 0.6) is 0 Å². The third-order valence-corrected chi connectivity index (χ3v) is 15.3. The van der Waals surface area contributed by atoms with E-state index in [9.17, 15) is 0 Å². The summed E-state index contributed by atoms with van der Waals surface area (Å²) in [5.74, 6) is 0.702. The maximum atomic E-state index is 5.23. The van der Waals surface area contributed by atoms with E-state index in [-0.39, 0.29) is 5.41 Å². The zero-order chi connectivity index (χ0) is 44.0. The van der Waals surface area contributed by atoms with Gasteiger partial charge in [0.1, 0.15) is 0 Å². The number of hydrogen-bond acceptors (Lipinski definition) is 3. The fourth-order valence-corrected chi connectivity index (χ4v) is 12.4. The molecular formula is C62H43N3S. The lowest BCUT2D eigenvalue weighted by Crippen LogP contribution is -2.43. The fourth-order valence-electron chi connectivity index (χ4n) is 11.3. The van der Waals surface area contributed by atoms with E-state index in [4.69, 9.17) is 9.97 Å². The summed E-state index contributed by atoms with van der Waals surface area (Å²) in [7, 11) is 0. The van der Waals surface area contributed by atoms with Gasteiger partial charge < -0.3 is 4.57 Å². The van der Waals surface area contributed by atoms with E-state index < -0.39 is 5.41 Å². The molecule has 0 N–H and O–H groups in total. The fraction of sp³-hybridized carbons (Fsp3) is 0.0645. The molecule has 312 valence electrons. The lowest BCUT2D eigenvalue weighted by Gasteiger charge is -2.51. The molecule has 1 aliphatic carbocycles. The first-order chi connectivity index (χ1) is 32.5. The van der Waals surface area contributed by atoms with Crippen LogP contribution in [0.4, 0.5) is 0 Å². The highest BCUT2D eigenvalue weighted by molar-refractivity contribution is 7.99. The molecule has 1 spiro atoms. The van der Waals surface area contributed by atoms with Crippen LogP contribution >= 0.6 is 11.8 Å². The van der Waals surface area contributed by atoms with Gasteiger partial charge in [0, 0.05) is 48.4 Å². The highest BCUT2D eigenvalue weighted by Gasteiger charge is 2.52. The molecule has 0 radical (unpaired) electrons. The Morgan fingerprint density at radius 2 is 0.879 bits per heavy atom. The van der Waals surface area contributed by atoms with Gasteiger partial charge in [0.05, 0.1) is 27.8 Å². The van der Waals surface area contributed by atoms with E-state index in [1.54, 1.807) is 0 Å². The summed E-state index contributed by atoms with van der Waals surface area (Å²) < 4.78 is 2.35. The smallest absolute Gasteiger partial charge is 0.160 e. The third kappa shape index (κ3) is 5.71. The van der Waals surface area contributed by atoms with Gasteiger partial charge in [0.25, 0.3) is 0 Å². The number of aromatic nitrogens is 3. The number of fused-ring (bicyclic) bond motifs is 11. The second-order valence-corrected chi connectivity index (χ2v) is 19.1. The topological polar surface area (TPSA) is 30.7 Å². The number of hydrogen-bond donors (Lipinski definition) is 0. The van der Waals surface area contributed by atoms with Crippen LogP contribution in [0.2, 0.25) is 0 Å². The molecule has 0 saturated heterocycles. The van der Waals surface area contributed by atoms with Gasteiger partial charge in [-0.2, -0.15) is 0 Å². The van der Waals surface area contributed by atoms with E-state index >= 15 is 0 Å². The molecule has 13 rings (SSSR count). The van der Waals surface area contributed by atoms with Gasteiger partial charge in [-0.15, -0.1) is 0 Å². The molecule has 9 aromatic carbocycles. The maximum Gasteiger partial charge on any atom is 0.160 e. The van der Waals surface area contributed by atoms with Crippen molar-refractivity contribution in [3.05, 3.63) is 258 Å². The number of para-hydroxylation sites is 2. The molecular weight excluding hydrogens is 819 g/mol. The lowest BCUT2D eigenvalue weighted by molar-refractivity contribution is 0.550. The Kier molecular flexibility index (Phi) is 8.71. The average molecular weight is 862 g/mol. The molecule has 0 unspecified atom stereocenters. The summed E-state index contributed by atoms with van der Waals surface area (Å²) in [5, 5.41) is 2.50. The zero-order valence-electron chi connectivity index (χ0n) is 36.6. The van der Waals surface area contributed by atoms with Crippen molar-refractivity contribution in [2.45, 2.75) is 34.5 Å². The van der Waals surface area contributed by atoms with Crippen molar-refractivity contribution in [2.75, 3.05) is 0 Å². The molecule has 2 aliphatic rings. The lowest BCUT2D eigenvalue weighted by atomic mass is 9.53. The molecule has 0 amide bonds. The molecule has 4 heteroatoms. The SMILES string of the molecule is CC1(C)c2ccccc2C2(c3ccccc3Sc3ccccc32)c2cccc(-c3ccc(-c4cc(-c5ccc(-n6c7ccccc7c7ccccc76)cc5)nc(-c5ccccc5)n4)cc3)c21. The van der Waals surface area contributed by atoms with Gasteiger partial charge in [0.15, 0.2) is 5.82 Å². The Morgan fingerprint density at radius 3 is 1.50 bits per heavy atom. The van der Waals surface area contributed by atoms with Gasteiger partial charge in [-0.25, -0.2) is 9.97 Å². The minimum Gasteiger partial charge on any atom is -0.309 e. The predicted molar refractivity (Wildman–Crippen MR) is 273 cm³/mol. The van der Waals surface area contributed by atoms with E-state index in [1.165, 1.54) is 76.1 Å². The second-order valence-electron chi connectivity index (χ2n) is 18.1. The van der Waals surface area contributed by atoms with Gasteiger partial charge in [0.2, 0.25) is 0 Å². The van der Waals surface area contributed by atoms with Crippen LogP contribution in [-0.2, 0) is 10.8 Å². The first kappa shape index (κ1) is 38.6. The Balaban J connectivity index is 0.936. The average Bonchev–Trinajstić information content (AvgIpc) is 3.72. The molecule has 3 heterocycles. The van der Waals surface area contributed by atoms with Crippen LogP contribution in [-0.4, -0.2) is 14.5 Å². The van der Waals surface area contributed by atoms with Gasteiger partial charge in [-0.05, 0) is 87.0 Å². The molecule has 0 fully saturated rings. The number of benzene rings is 9. The molecule has 11 aromatic rings. The van der Waals surface area contributed by atoms with Crippen LogP contribution in [0.25, 0.3) is 72.5 Å². The molecule has 1 aliphatic heterocycles. The van der Waals surface area contributed by atoms with Crippen LogP contribution in [0.3, 0.4) is 0 Å². The standard InChI is InChI=1S/C62H43N3S/c1-61(2)48-22-8-9-23-49(48)62(50-24-10-14-29-57(50)66-58-30-15-11-25-51(58)62)52-26-16-21-45(59(52)61)40-31-33-41(34-32-40)53-39-54(64-60(63-53)43-17-4-3-5-18-43)42-35-37-44(38-36-42)65-55-27-12-6-19-46(55)47-20-7-13-28-56(47)65/h3-39H,1-2H3. The van der Waals surface area contributed by atoms with Crippen molar-refractivity contribution in [2.24, 2.45) is 0 Å². The van der Waals surface area contributed by atoms with E-state index in [1.807, 2.05) is 30.0 Å². The van der Waals surface area contributed by atoms with Crippen molar-refractivity contribution in [1.82, 2.24) is 14.5 Å². The van der Waals surface area contributed by atoms with Gasteiger partial charge in [-0.1, -0.05) is 208 Å². The molecule has 0 bridgehead atoms. The zero-order valence-corrected chi connectivity index (χ0v) is 37.4. The van der Waals surface area contributed by atoms with Crippen LogP contribution in [0, 0.1) is 0 Å². The highest BCUT2D eigenvalue weighted by Crippen LogP contribution is 2.62. The normalized spacial score (nSPS) is 14.1. The van der Waals surface area contributed by atoms with Crippen molar-refractivity contribution in [1.29, 1.82) is 0 Å². The second kappa shape index (κ2) is 14.9. The summed E-state index contributed by atoms with van der Waals surface area (Å²) in [5.41, 5.74) is 18.2. The molecule has 2 aromatic heterocycles. The minimum absolute atomic E-state index is 0.274. The van der Waals surface area contributed by atoms with Crippen LogP contribution < -0.4 is 0 Å². The minimum atomic E-state index is -0.470. The van der Waals surface area contributed by atoms with E-state index in [0.29, 0.717) is 5.82 Å². The van der Waals surface area contributed by atoms with Crippen molar-refractivity contribution >= 4 is 33.6 Å². The van der Waals surface area contributed by atoms with Gasteiger partial charge in [-0.3, -0.25) is 0 Å². The van der Waals surface area contributed by atoms with Crippen molar-refractivity contribution in [3.8, 4) is 50.7 Å². The summed E-state index contributed by atoms with van der Waals surface area (Å²) in [6.45, 7) is 4.82. The third-order valence-electron chi connectivity index (χ3n) is 14.2. The monoisotopic (exact) mass is 861 g/mol. The van der Waals surface area contributed by atoms with Crippen LogP contribution in [0.1, 0.15) is 47.2 Å². The largest absolute Gasteiger partial charge is 0.309 e. The predicted octanol–water partition coefficient (Wildman–Crippen LogP) is 15.7. The van der Waals surface area contributed by atoms with E-state index in [0.717, 1.165) is 33.8 Å².